The van der Waals surface area contributed by atoms with Crippen molar-refractivity contribution in [1.29, 1.82) is 0 Å². The van der Waals surface area contributed by atoms with Gasteiger partial charge in [0.2, 0.25) is 0 Å². The van der Waals surface area contributed by atoms with Gasteiger partial charge in [0, 0.05) is 19.1 Å². The van der Waals surface area contributed by atoms with Crippen molar-refractivity contribution in [3.05, 3.63) is 0 Å². The minimum Gasteiger partial charge on any atom is -0.375 e. The largest absolute Gasteiger partial charge is 0.375 e. The fourth-order valence-electron chi connectivity index (χ4n) is 3.60. The number of hydrogen-bond donors (Lipinski definition) is 1. The van der Waals surface area contributed by atoms with Crippen LogP contribution in [0.5, 0.6) is 0 Å². The van der Waals surface area contributed by atoms with E-state index in [-0.39, 0.29) is 5.60 Å². The zero-order valence-electron chi connectivity index (χ0n) is 10.7. The first kappa shape index (κ1) is 11.9. The van der Waals surface area contributed by atoms with Crippen molar-refractivity contribution >= 4 is 0 Å². The van der Waals surface area contributed by atoms with E-state index in [1.54, 1.807) is 0 Å². The molecular weight excluding hydrogens is 214 g/mol. The molecule has 0 aromatic heterocycles. The van der Waals surface area contributed by atoms with E-state index in [1.807, 2.05) is 0 Å². The molecule has 17 heavy (non-hydrogen) atoms. The molecule has 2 saturated carbocycles. The van der Waals surface area contributed by atoms with Crippen LogP contribution in [0.1, 0.15) is 57.8 Å². The second-order valence-electron chi connectivity index (χ2n) is 6.18. The van der Waals surface area contributed by atoms with Crippen LogP contribution < -0.4 is 5.73 Å². The van der Waals surface area contributed by atoms with Crippen LogP contribution in [0.15, 0.2) is 0 Å². The Labute approximate surface area is 104 Å². The number of hydrogen-bond acceptors (Lipinski definition) is 3. The second-order valence-corrected chi connectivity index (χ2v) is 6.18. The predicted molar refractivity (Wildman–Crippen MR) is 66.9 cm³/mol. The van der Waals surface area contributed by atoms with Gasteiger partial charge < -0.3 is 15.2 Å². The molecule has 3 unspecified atom stereocenters. The molecule has 3 rings (SSSR count). The molecule has 0 aromatic rings. The van der Waals surface area contributed by atoms with Gasteiger partial charge in [0.25, 0.3) is 0 Å². The lowest BCUT2D eigenvalue weighted by Crippen LogP contribution is -2.48. The van der Waals surface area contributed by atoms with E-state index in [1.165, 1.54) is 38.5 Å². The van der Waals surface area contributed by atoms with Crippen molar-refractivity contribution in [3.63, 3.8) is 0 Å². The SMILES string of the molecule is NC1CCCC(OC2CCOC3(CCC3)C2)C1. The second kappa shape index (κ2) is 4.87. The van der Waals surface area contributed by atoms with Crippen LogP contribution >= 0.6 is 0 Å². The van der Waals surface area contributed by atoms with Crippen LogP contribution in [0.25, 0.3) is 0 Å². The summed E-state index contributed by atoms with van der Waals surface area (Å²) < 4.78 is 12.2. The fourth-order valence-corrected chi connectivity index (χ4v) is 3.60. The highest BCUT2D eigenvalue weighted by Crippen LogP contribution is 2.43. The van der Waals surface area contributed by atoms with Gasteiger partial charge in [-0.1, -0.05) is 0 Å². The van der Waals surface area contributed by atoms with Crippen LogP contribution in [0.4, 0.5) is 0 Å². The van der Waals surface area contributed by atoms with Crippen LogP contribution in [0.2, 0.25) is 0 Å². The van der Waals surface area contributed by atoms with Crippen molar-refractivity contribution in [2.24, 2.45) is 5.73 Å². The topological polar surface area (TPSA) is 44.5 Å². The predicted octanol–water partition coefficient (Wildman–Crippen LogP) is 2.37. The van der Waals surface area contributed by atoms with E-state index in [0.29, 0.717) is 18.2 Å². The summed E-state index contributed by atoms with van der Waals surface area (Å²) in [5.41, 5.74) is 6.22. The molecule has 3 fully saturated rings. The summed E-state index contributed by atoms with van der Waals surface area (Å²) >= 11 is 0. The standard InChI is InChI=1S/C14H25NO2/c15-11-3-1-4-12(9-11)17-13-5-8-16-14(10-13)6-2-7-14/h11-13H,1-10,15H2. The summed E-state index contributed by atoms with van der Waals surface area (Å²) in [6.07, 6.45) is 11.6. The Hall–Kier alpha value is -0.120. The Morgan fingerprint density at radius 1 is 1.06 bits per heavy atom. The lowest BCUT2D eigenvalue weighted by Gasteiger charge is -2.47. The van der Waals surface area contributed by atoms with Gasteiger partial charge in [0.15, 0.2) is 0 Å². The van der Waals surface area contributed by atoms with E-state index < -0.39 is 0 Å². The van der Waals surface area contributed by atoms with Crippen LogP contribution in [0, 0.1) is 0 Å². The third kappa shape index (κ3) is 2.67. The van der Waals surface area contributed by atoms with E-state index in [9.17, 15) is 0 Å². The number of ether oxygens (including phenoxy) is 2. The van der Waals surface area contributed by atoms with E-state index in [0.717, 1.165) is 25.9 Å². The lowest BCUT2D eigenvalue weighted by molar-refractivity contribution is -0.181. The maximum absolute atomic E-state index is 6.27. The maximum Gasteiger partial charge on any atom is 0.0707 e. The molecule has 98 valence electrons. The number of rotatable bonds is 2. The summed E-state index contributed by atoms with van der Waals surface area (Å²) in [6.45, 7) is 0.892. The zero-order valence-corrected chi connectivity index (χ0v) is 10.7. The molecule has 1 saturated heterocycles. The molecule has 3 aliphatic rings. The summed E-state index contributed by atoms with van der Waals surface area (Å²) in [7, 11) is 0. The van der Waals surface area contributed by atoms with Gasteiger partial charge in [-0.2, -0.15) is 0 Å². The van der Waals surface area contributed by atoms with Crippen molar-refractivity contribution < 1.29 is 9.47 Å². The molecule has 0 radical (unpaired) electrons. The summed E-state index contributed by atoms with van der Waals surface area (Å²) in [5.74, 6) is 0. The molecule has 0 bridgehead atoms. The van der Waals surface area contributed by atoms with Crippen molar-refractivity contribution in [3.8, 4) is 0 Å². The molecular formula is C14H25NO2. The first-order chi connectivity index (χ1) is 8.26. The normalized spacial score (nSPS) is 41.1. The fraction of sp³-hybridized carbons (Fsp3) is 1.00. The van der Waals surface area contributed by atoms with Gasteiger partial charge in [-0.15, -0.1) is 0 Å². The van der Waals surface area contributed by atoms with Gasteiger partial charge in [-0.3, -0.25) is 0 Å². The zero-order chi connectivity index (χ0) is 11.7. The Morgan fingerprint density at radius 3 is 2.65 bits per heavy atom. The smallest absolute Gasteiger partial charge is 0.0707 e. The van der Waals surface area contributed by atoms with E-state index in [2.05, 4.69) is 0 Å². The van der Waals surface area contributed by atoms with Gasteiger partial charge in [0.05, 0.1) is 17.8 Å². The summed E-state index contributed by atoms with van der Waals surface area (Å²) in [4.78, 5) is 0. The maximum atomic E-state index is 6.27. The highest BCUT2D eigenvalue weighted by molar-refractivity contribution is 4.94. The molecule has 1 heterocycles. The average molecular weight is 239 g/mol. The average Bonchev–Trinajstić information content (AvgIpc) is 2.27. The summed E-state index contributed by atoms with van der Waals surface area (Å²) in [6, 6.07) is 0.367. The van der Waals surface area contributed by atoms with Gasteiger partial charge in [-0.05, 0) is 51.4 Å². The first-order valence-electron chi connectivity index (χ1n) is 7.31. The van der Waals surface area contributed by atoms with E-state index >= 15 is 0 Å². The Bertz CT molecular complexity index is 265. The van der Waals surface area contributed by atoms with Gasteiger partial charge >= 0.3 is 0 Å². The van der Waals surface area contributed by atoms with Crippen molar-refractivity contribution in [1.82, 2.24) is 0 Å². The third-order valence-corrected chi connectivity index (χ3v) is 4.76. The van der Waals surface area contributed by atoms with Crippen LogP contribution in [0.3, 0.4) is 0 Å². The summed E-state index contributed by atoms with van der Waals surface area (Å²) in [5, 5.41) is 0. The Morgan fingerprint density at radius 2 is 1.94 bits per heavy atom. The van der Waals surface area contributed by atoms with Crippen LogP contribution in [-0.2, 0) is 9.47 Å². The minimum atomic E-state index is 0.208. The van der Waals surface area contributed by atoms with Gasteiger partial charge in [-0.25, -0.2) is 0 Å². The molecule has 1 spiro atoms. The minimum absolute atomic E-state index is 0.208. The van der Waals surface area contributed by atoms with Crippen molar-refractivity contribution in [2.45, 2.75) is 81.6 Å². The Balaban J connectivity index is 1.50. The highest BCUT2D eigenvalue weighted by atomic mass is 16.5. The van der Waals surface area contributed by atoms with Crippen molar-refractivity contribution in [2.75, 3.05) is 6.61 Å². The molecule has 2 N–H and O–H groups in total. The molecule has 3 atom stereocenters. The Kier molecular flexibility index (Phi) is 3.42. The monoisotopic (exact) mass is 239 g/mol. The lowest BCUT2D eigenvalue weighted by atomic mass is 9.74. The quantitative estimate of drug-likeness (QED) is 0.804. The molecule has 3 heteroatoms. The van der Waals surface area contributed by atoms with Gasteiger partial charge in [0.1, 0.15) is 0 Å². The molecule has 3 nitrogen and oxygen atoms in total. The number of nitrogens with two attached hydrogens (primary N) is 1. The van der Waals surface area contributed by atoms with Crippen LogP contribution in [-0.4, -0.2) is 30.5 Å². The molecule has 0 amide bonds. The molecule has 1 aliphatic heterocycles. The highest BCUT2D eigenvalue weighted by Gasteiger charge is 2.43. The molecule has 2 aliphatic carbocycles. The molecule has 0 aromatic carbocycles. The third-order valence-electron chi connectivity index (χ3n) is 4.76. The van der Waals surface area contributed by atoms with E-state index in [4.69, 9.17) is 15.2 Å². The first-order valence-corrected chi connectivity index (χ1v) is 7.31.